The molecule has 4 heteroatoms. The highest BCUT2D eigenvalue weighted by atomic mass is 15.2. The van der Waals surface area contributed by atoms with Gasteiger partial charge >= 0.3 is 0 Å². The van der Waals surface area contributed by atoms with Crippen LogP contribution in [0.15, 0.2) is 0 Å². The molecule has 21 heavy (non-hydrogen) atoms. The van der Waals surface area contributed by atoms with E-state index >= 15 is 0 Å². The van der Waals surface area contributed by atoms with Crippen LogP contribution < -0.4 is 5.32 Å². The van der Waals surface area contributed by atoms with Crippen LogP contribution in [0.4, 0.5) is 0 Å². The molecule has 1 atom stereocenters. The van der Waals surface area contributed by atoms with E-state index in [4.69, 9.17) is 0 Å². The molecule has 4 nitrogen and oxygen atoms in total. The summed E-state index contributed by atoms with van der Waals surface area (Å²) in [6.45, 7) is 11.9. The predicted molar refractivity (Wildman–Crippen MR) is 91.4 cm³/mol. The number of hydrogen-bond donors (Lipinski definition) is 1. The lowest BCUT2D eigenvalue weighted by Gasteiger charge is -2.29. The lowest BCUT2D eigenvalue weighted by Crippen LogP contribution is -2.44. The van der Waals surface area contributed by atoms with Crippen LogP contribution in [0, 0.1) is 11.3 Å². The molecule has 0 aliphatic heterocycles. The maximum atomic E-state index is 9.52. The molecule has 1 unspecified atom stereocenters. The molecule has 0 amide bonds. The van der Waals surface area contributed by atoms with Crippen LogP contribution >= 0.6 is 0 Å². The smallest absolute Gasteiger partial charge is 0.106 e. The van der Waals surface area contributed by atoms with Gasteiger partial charge in [-0.2, -0.15) is 5.26 Å². The van der Waals surface area contributed by atoms with Crippen molar-refractivity contribution in [2.75, 3.05) is 46.8 Å². The van der Waals surface area contributed by atoms with Crippen molar-refractivity contribution in [1.29, 1.82) is 5.26 Å². The molecule has 0 saturated heterocycles. The average molecular weight is 297 g/mol. The minimum absolute atomic E-state index is 0.324. The molecule has 0 heterocycles. The number of nitrogens with zero attached hydrogens (tertiary/aromatic N) is 3. The van der Waals surface area contributed by atoms with Crippen LogP contribution in [0.3, 0.4) is 0 Å². The van der Waals surface area contributed by atoms with Crippen molar-refractivity contribution in [3.8, 4) is 6.07 Å². The molecule has 0 spiro atoms. The van der Waals surface area contributed by atoms with Gasteiger partial charge < -0.3 is 9.80 Å². The van der Waals surface area contributed by atoms with Gasteiger partial charge in [-0.1, -0.05) is 20.8 Å². The Morgan fingerprint density at radius 3 is 2.19 bits per heavy atom. The number of nitriles is 1. The highest BCUT2D eigenvalue weighted by Gasteiger charge is 2.26. The highest BCUT2D eigenvalue weighted by molar-refractivity contribution is 5.06. The van der Waals surface area contributed by atoms with Crippen molar-refractivity contribution in [3.05, 3.63) is 0 Å². The first kappa shape index (κ1) is 20.4. The number of rotatable bonds is 13. The summed E-state index contributed by atoms with van der Waals surface area (Å²) < 4.78 is 0. The Kier molecular flexibility index (Phi) is 11.6. The second kappa shape index (κ2) is 12.0. The van der Waals surface area contributed by atoms with Crippen molar-refractivity contribution in [2.24, 2.45) is 0 Å². The van der Waals surface area contributed by atoms with Crippen molar-refractivity contribution in [2.45, 2.75) is 58.4 Å². The Hall–Kier alpha value is -0.630. The molecular formula is C17H36N4. The van der Waals surface area contributed by atoms with Crippen LogP contribution in [-0.4, -0.2) is 62.2 Å². The van der Waals surface area contributed by atoms with Gasteiger partial charge in [-0.15, -0.1) is 0 Å². The number of hydrogen-bond acceptors (Lipinski definition) is 4. The fourth-order valence-electron chi connectivity index (χ4n) is 2.53. The summed E-state index contributed by atoms with van der Waals surface area (Å²) in [6.07, 6.45) is 5.19. The van der Waals surface area contributed by atoms with E-state index in [9.17, 15) is 5.26 Å². The van der Waals surface area contributed by atoms with Gasteiger partial charge in [-0.3, -0.25) is 5.32 Å². The van der Waals surface area contributed by atoms with Crippen LogP contribution in [0.2, 0.25) is 0 Å². The van der Waals surface area contributed by atoms with E-state index in [-0.39, 0.29) is 5.54 Å². The normalized spacial score (nSPS) is 14.4. The molecule has 0 aromatic heterocycles. The van der Waals surface area contributed by atoms with Crippen LogP contribution in [0.5, 0.6) is 0 Å². The summed E-state index contributed by atoms with van der Waals surface area (Å²) in [4.78, 5) is 4.76. The van der Waals surface area contributed by atoms with E-state index in [1.165, 1.54) is 6.42 Å². The molecule has 0 fully saturated rings. The predicted octanol–water partition coefficient (Wildman–Crippen LogP) is 2.71. The zero-order valence-corrected chi connectivity index (χ0v) is 14.9. The van der Waals surface area contributed by atoms with E-state index in [1.807, 2.05) is 0 Å². The van der Waals surface area contributed by atoms with Gasteiger partial charge in [0.15, 0.2) is 0 Å². The Morgan fingerprint density at radius 2 is 1.71 bits per heavy atom. The second-order valence-electron chi connectivity index (χ2n) is 6.22. The van der Waals surface area contributed by atoms with Crippen LogP contribution in [0.1, 0.15) is 52.9 Å². The lowest BCUT2D eigenvalue weighted by atomic mass is 9.91. The van der Waals surface area contributed by atoms with Gasteiger partial charge in [0.05, 0.1) is 6.07 Å². The lowest BCUT2D eigenvalue weighted by molar-refractivity contribution is 0.228. The minimum atomic E-state index is -0.324. The third-order valence-corrected chi connectivity index (χ3v) is 4.01. The topological polar surface area (TPSA) is 42.3 Å². The first-order valence-corrected chi connectivity index (χ1v) is 8.56. The molecule has 0 aromatic rings. The van der Waals surface area contributed by atoms with E-state index in [1.54, 1.807) is 0 Å². The van der Waals surface area contributed by atoms with E-state index < -0.39 is 0 Å². The summed E-state index contributed by atoms with van der Waals surface area (Å²) in [6, 6.07) is 2.52. The standard InChI is InChI=1S/C17H36N4/c1-6-11-19-17(8-3,16-18)10-9-13-21(12-7-2)15-14-20(4)5/h19H,6-15H2,1-5H3. The van der Waals surface area contributed by atoms with Crippen molar-refractivity contribution >= 4 is 0 Å². The quantitative estimate of drug-likeness (QED) is 0.567. The van der Waals surface area contributed by atoms with Gasteiger partial charge in [0.2, 0.25) is 0 Å². The molecule has 0 aliphatic carbocycles. The number of likely N-dealkylation sites (N-methyl/N-ethyl adjacent to an activating group) is 1. The SMILES string of the molecule is CCCNC(C#N)(CC)CCCN(CCC)CCN(C)C. The summed E-state index contributed by atoms with van der Waals surface area (Å²) in [5, 5.41) is 13.0. The molecular weight excluding hydrogens is 260 g/mol. The van der Waals surface area contributed by atoms with Crippen molar-refractivity contribution in [1.82, 2.24) is 15.1 Å². The fourth-order valence-corrected chi connectivity index (χ4v) is 2.53. The molecule has 0 aromatic carbocycles. The maximum Gasteiger partial charge on any atom is 0.106 e. The molecule has 0 saturated carbocycles. The second-order valence-corrected chi connectivity index (χ2v) is 6.22. The highest BCUT2D eigenvalue weighted by Crippen LogP contribution is 2.17. The van der Waals surface area contributed by atoms with Crippen LogP contribution in [0.25, 0.3) is 0 Å². The first-order valence-electron chi connectivity index (χ1n) is 8.56. The molecule has 0 rings (SSSR count). The van der Waals surface area contributed by atoms with Crippen LogP contribution in [-0.2, 0) is 0 Å². The first-order chi connectivity index (χ1) is 10.0. The Morgan fingerprint density at radius 1 is 1.00 bits per heavy atom. The summed E-state index contributed by atoms with van der Waals surface area (Å²) in [5.41, 5.74) is -0.324. The molecule has 1 N–H and O–H groups in total. The zero-order chi connectivity index (χ0) is 16.1. The molecule has 0 bridgehead atoms. The average Bonchev–Trinajstić information content (AvgIpc) is 2.48. The third-order valence-electron chi connectivity index (χ3n) is 4.01. The van der Waals surface area contributed by atoms with Gasteiger partial charge in [-0.05, 0) is 65.8 Å². The van der Waals surface area contributed by atoms with Crippen molar-refractivity contribution < 1.29 is 0 Å². The zero-order valence-electron chi connectivity index (χ0n) is 14.9. The summed E-state index contributed by atoms with van der Waals surface area (Å²) in [5.74, 6) is 0. The monoisotopic (exact) mass is 296 g/mol. The molecule has 0 radical (unpaired) electrons. The fraction of sp³-hybridized carbons (Fsp3) is 0.941. The summed E-state index contributed by atoms with van der Waals surface area (Å²) in [7, 11) is 4.24. The van der Waals surface area contributed by atoms with Gasteiger partial charge in [0.1, 0.15) is 5.54 Å². The van der Waals surface area contributed by atoms with E-state index in [0.717, 1.165) is 58.4 Å². The Bertz CT molecular complexity index is 285. The Labute approximate surface area is 132 Å². The number of nitrogens with one attached hydrogen (secondary N) is 1. The summed E-state index contributed by atoms with van der Waals surface area (Å²) >= 11 is 0. The van der Waals surface area contributed by atoms with E-state index in [0.29, 0.717) is 0 Å². The largest absolute Gasteiger partial charge is 0.308 e. The van der Waals surface area contributed by atoms with Gasteiger partial charge in [0.25, 0.3) is 0 Å². The Balaban J connectivity index is 4.27. The van der Waals surface area contributed by atoms with E-state index in [2.05, 4.69) is 56.1 Å². The van der Waals surface area contributed by atoms with Gasteiger partial charge in [-0.25, -0.2) is 0 Å². The van der Waals surface area contributed by atoms with Gasteiger partial charge in [0, 0.05) is 13.1 Å². The molecule has 0 aliphatic rings. The van der Waals surface area contributed by atoms with Crippen molar-refractivity contribution in [3.63, 3.8) is 0 Å². The molecule has 124 valence electrons. The third kappa shape index (κ3) is 9.08. The minimum Gasteiger partial charge on any atom is -0.308 e. The maximum absolute atomic E-state index is 9.52.